The van der Waals surface area contributed by atoms with Crippen molar-refractivity contribution in [3.63, 3.8) is 0 Å². The second-order valence-corrected chi connectivity index (χ2v) is 9.54. The first kappa shape index (κ1) is 17.7. The van der Waals surface area contributed by atoms with Crippen LogP contribution in [0.15, 0.2) is 48.5 Å². The van der Waals surface area contributed by atoms with E-state index in [0.717, 1.165) is 17.7 Å². The first-order valence-electron chi connectivity index (χ1n) is 9.61. The van der Waals surface area contributed by atoms with E-state index >= 15 is 0 Å². The van der Waals surface area contributed by atoms with Crippen LogP contribution in [0.5, 0.6) is 0 Å². The number of hydrogen-bond acceptors (Lipinski definition) is 0. The van der Waals surface area contributed by atoms with Crippen molar-refractivity contribution < 1.29 is 13.7 Å². The van der Waals surface area contributed by atoms with Crippen LogP contribution in [0.1, 0.15) is 57.2 Å². The van der Waals surface area contributed by atoms with Crippen LogP contribution in [0.4, 0.5) is 8.78 Å². The molecule has 1 aliphatic heterocycles. The summed E-state index contributed by atoms with van der Waals surface area (Å²) < 4.78 is 27.0. The molecule has 1 aliphatic carbocycles. The summed E-state index contributed by atoms with van der Waals surface area (Å²) in [7, 11) is 0. The number of benzene rings is 2. The van der Waals surface area contributed by atoms with Gasteiger partial charge < -0.3 is 4.90 Å². The molecule has 1 unspecified atom stereocenters. The second-order valence-electron chi connectivity index (χ2n) is 9.54. The molecule has 3 heteroatoms. The molecule has 2 bridgehead atoms. The summed E-state index contributed by atoms with van der Waals surface area (Å²) >= 11 is 0. The lowest BCUT2D eigenvalue weighted by Crippen LogP contribution is -3.14. The number of hydrogen-bond donors (Lipinski definition) is 1. The molecule has 1 nitrogen and oxygen atoms in total. The smallest absolute Gasteiger partial charge is 0.139 e. The van der Waals surface area contributed by atoms with E-state index < -0.39 is 0 Å². The number of rotatable bonds is 3. The average Bonchev–Trinajstić information content (AvgIpc) is 2.80. The fraction of sp³-hybridized carbons (Fsp3) is 0.478. The van der Waals surface area contributed by atoms with Crippen molar-refractivity contribution in [1.82, 2.24) is 0 Å². The van der Waals surface area contributed by atoms with E-state index in [1.807, 2.05) is 24.3 Å². The predicted molar refractivity (Wildman–Crippen MR) is 100.0 cm³/mol. The monoisotopic (exact) mass is 356 g/mol. The van der Waals surface area contributed by atoms with Gasteiger partial charge in [-0.15, -0.1) is 0 Å². The Balaban J connectivity index is 1.76. The van der Waals surface area contributed by atoms with Gasteiger partial charge in [0.1, 0.15) is 17.7 Å². The van der Waals surface area contributed by atoms with Crippen LogP contribution in [0.25, 0.3) is 0 Å². The van der Waals surface area contributed by atoms with Gasteiger partial charge in [0, 0.05) is 29.4 Å². The maximum absolute atomic E-state index is 13.5. The van der Waals surface area contributed by atoms with Gasteiger partial charge in [-0.3, -0.25) is 0 Å². The normalized spacial score (nSPS) is 29.9. The summed E-state index contributed by atoms with van der Waals surface area (Å²) in [5, 5.41) is 0. The Morgan fingerprint density at radius 1 is 0.846 bits per heavy atom. The highest BCUT2D eigenvalue weighted by atomic mass is 19.1. The van der Waals surface area contributed by atoms with Gasteiger partial charge in [-0.05, 0) is 60.4 Å². The Labute approximate surface area is 155 Å². The number of quaternary nitrogens is 1. The molecule has 3 atom stereocenters. The third-order valence-electron chi connectivity index (χ3n) is 6.38. The molecule has 2 fully saturated rings. The predicted octanol–water partition coefficient (Wildman–Crippen LogP) is 4.54. The summed E-state index contributed by atoms with van der Waals surface area (Å²) in [5.41, 5.74) is 2.93. The van der Waals surface area contributed by atoms with Gasteiger partial charge in [0.05, 0.1) is 12.6 Å². The molecule has 4 rings (SSSR count). The zero-order valence-corrected chi connectivity index (χ0v) is 15.9. The van der Waals surface area contributed by atoms with E-state index in [0.29, 0.717) is 16.9 Å². The van der Waals surface area contributed by atoms with E-state index in [1.165, 1.54) is 19.3 Å². The summed E-state index contributed by atoms with van der Waals surface area (Å²) in [6.07, 6.45) is 3.70. The molecule has 2 aliphatic rings. The van der Waals surface area contributed by atoms with Gasteiger partial charge in [-0.1, -0.05) is 20.8 Å². The Bertz CT molecular complexity index is 735. The molecule has 1 N–H and O–H groups in total. The van der Waals surface area contributed by atoms with Crippen LogP contribution in [0.3, 0.4) is 0 Å². The van der Waals surface area contributed by atoms with Gasteiger partial charge >= 0.3 is 0 Å². The second kappa shape index (κ2) is 6.16. The minimum atomic E-state index is -0.213. The molecule has 138 valence electrons. The van der Waals surface area contributed by atoms with E-state index in [1.54, 1.807) is 29.2 Å². The van der Waals surface area contributed by atoms with Gasteiger partial charge in [-0.2, -0.15) is 0 Å². The van der Waals surface area contributed by atoms with Crippen LogP contribution in [0, 0.1) is 22.5 Å². The van der Waals surface area contributed by atoms with Crippen LogP contribution in [-0.2, 0) is 0 Å². The molecule has 2 aromatic carbocycles. The van der Waals surface area contributed by atoms with Crippen molar-refractivity contribution in [3.05, 3.63) is 71.3 Å². The number of halogens is 2. The highest BCUT2D eigenvalue weighted by Crippen LogP contribution is 2.48. The molecule has 1 heterocycles. The Kier molecular flexibility index (Phi) is 4.18. The zero-order chi connectivity index (χ0) is 18.5. The molecule has 1 saturated heterocycles. The fourth-order valence-electron chi connectivity index (χ4n) is 5.94. The quantitative estimate of drug-likeness (QED) is 0.824. The van der Waals surface area contributed by atoms with Crippen molar-refractivity contribution in [2.45, 2.75) is 52.1 Å². The molecule has 0 amide bonds. The topological polar surface area (TPSA) is 4.44 Å². The average molecular weight is 356 g/mol. The van der Waals surface area contributed by atoms with Gasteiger partial charge in [0.25, 0.3) is 0 Å². The van der Waals surface area contributed by atoms with Crippen LogP contribution in [-0.4, -0.2) is 12.6 Å². The van der Waals surface area contributed by atoms with E-state index in [-0.39, 0.29) is 17.7 Å². The Morgan fingerprint density at radius 2 is 1.35 bits per heavy atom. The number of nitrogens with one attached hydrogen (secondary N) is 1. The van der Waals surface area contributed by atoms with Gasteiger partial charge in [0.15, 0.2) is 0 Å². The number of fused-ring (bicyclic) bond motifs is 2. The lowest BCUT2D eigenvalue weighted by molar-refractivity contribution is -0.939. The maximum atomic E-state index is 13.5. The zero-order valence-electron chi connectivity index (χ0n) is 15.9. The van der Waals surface area contributed by atoms with Crippen LogP contribution < -0.4 is 4.90 Å². The third-order valence-corrected chi connectivity index (χ3v) is 6.38. The van der Waals surface area contributed by atoms with Gasteiger partial charge in [0.2, 0.25) is 0 Å². The van der Waals surface area contributed by atoms with Crippen molar-refractivity contribution in [2.75, 3.05) is 6.54 Å². The largest absolute Gasteiger partial charge is 0.322 e. The highest BCUT2D eigenvalue weighted by Gasteiger charge is 2.54. The summed E-state index contributed by atoms with van der Waals surface area (Å²) in [6, 6.07) is 14.5. The molecule has 26 heavy (non-hydrogen) atoms. The van der Waals surface area contributed by atoms with Crippen LogP contribution >= 0.6 is 0 Å². The summed E-state index contributed by atoms with van der Waals surface area (Å²) in [6.45, 7) is 8.29. The van der Waals surface area contributed by atoms with Crippen molar-refractivity contribution in [3.8, 4) is 0 Å². The molecular formula is C23H28F2N+. The minimum Gasteiger partial charge on any atom is -0.322 e. The SMILES string of the molecule is CC1(C)C[C@@H]2C[C@@](C)(C[NH+]2C(c2ccc(F)cc2)c2ccc(F)cc2)C1. The van der Waals surface area contributed by atoms with Crippen molar-refractivity contribution in [1.29, 1.82) is 0 Å². The standard InChI is InChI=1S/C23H27F2N/c1-22(2)12-20-13-23(3,14-22)15-26(20)21(16-4-8-18(24)9-5-16)17-6-10-19(25)11-7-17/h4-11,20-21H,12-15H2,1-3H3/p+1/t20-,23-/m1/s1. The van der Waals surface area contributed by atoms with E-state index in [4.69, 9.17) is 0 Å². The lowest BCUT2D eigenvalue weighted by Gasteiger charge is -2.38. The lowest BCUT2D eigenvalue weighted by atomic mass is 9.65. The van der Waals surface area contributed by atoms with Gasteiger partial charge in [-0.25, -0.2) is 8.78 Å². The minimum absolute atomic E-state index is 0.122. The highest BCUT2D eigenvalue weighted by molar-refractivity contribution is 5.30. The van der Waals surface area contributed by atoms with Crippen molar-refractivity contribution in [2.24, 2.45) is 10.8 Å². The van der Waals surface area contributed by atoms with Crippen molar-refractivity contribution >= 4 is 0 Å². The van der Waals surface area contributed by atoms with Crippen LogP contribution in [0.2, 0.25) is 0 Å². The van der Waals surface area contributed by atoms with E-state index in [9.17, 15) is 8.78 Å². The molecule has 1 saturated carbocycles. The Morgan fingerprint density at radius 3 is 1.85 bits per heavy atom. The first-order valence-corrected chi connectivity index (χ1v) is 9.61. The summed E-state index contributed by atoms with van der Waals surface area (Å²) in [5.74, 6) is -0.426. The molecular weight excluding hydrogens is 328 g/mol. The Hall–Kier alpha value is -1.74. The molecule has 0 radical (unpaired) electrons. The molecule has 0 spiro atoms. The third kappa shape index (κ3) is 3.29. The number of likely N-dealkylation sites (tertiary alicyclic amines) is 1. The summed E-state index contributed by atoms with van der Waals surface area (Å²) in [4.78, 5) is 1.55. The fourth-order valence-corrected chi connectivity index (χ4v) is 5.94. The van der Waals surface area contributed by atoms with E-state index in [2.05, 4.69) is 20.8 Å². The molecule has 2 aromatic rings. The maximum Gasteiger partial charge on any atom is 0.139 e. The first-order chi connectivity index (χ1) is 12.2. The molecule has 0 aromatic heterocycles.